The SMILES string of the molecule is Cl.Cn1c(=O)c(-c2ccccc2Cl)cc2cnc(N[C@H]3CCCCNC3=O)nc21. The summed E-state index contributed by atoms with van der Waals surface area (Å²) in [7, 11) is 1.67. The van der Waals surface area contributed by atoms with Crippen LogP contribution in [0.15, 0.2) is 41.3 Å². The number of carbonyl (C=O) groups excluding carboxylic acids is 1. The van der Waals surface area contributed by atoms with Gasteiger partial charge in [-0.25, -0.2) is 4.98 Å². The second-order valence-corrected chi connectivity index (χ2v) is 7.27. The second kappa shape index (κ2) is 8.80. The highest BCUT2D eigenvalue weighted by molar-refractivity contribution is 6.33. The molecular weight excluding hydrogens is 413 g/mol. The van der Waals surface area contributed by atoms with Crippen molar-refractivity contribution in [2.24, 2.45) is 7.05 Å². The fraction of sp³-hybridized carbons (Fsp3) is 0.300. The number of nitrogens with zero attached hydrogens (tertiary/aromatic N) is 3. The van der Waals surface area contributed by atoms with Gasteiger partial charge in [0.2, 0.25) is 11.9 Å². The first-order chi connectivity index (χ1) is 13.5. The molecule has 3 heterocycles. The van der Waals surface area contributed by atoms with Crippen molar-refractivity contribution in [3.8, 4) is 11.1 Å². The summed E-state index contributed by atoms with van der Waals surface area (Å²) in [6.45, 7) is 0.689. The van der Waals surface area contributed by atoms with E-state index in [2.05, 4.69) is 20.6 Å². The van der Waals surface area contributed by atoms with Crippen LogP contribution in [-0.2, 0) is 11.8 Å². The number of hydrogen-bond acceptors (Lipinski definition) is 5. The highest BCUT2D eigenvalue weighted by Gasteiger charge is 2.21. The van der Waals surface area contributed by atoms with Gasteiger partial charge in [-0.1, -0.05) is 29.8 Å². The molecule has 1 amide bonds. The van der Waals surface area contributed by atoms with Crippen molar-refractivity contribution in [2.75, 3.05) is 11.9 Å². The Morgan fingerprint density at radius 3 is 2.79 bits per heavy atom. The number of benzene rings is 1. The minimum Gasteiger partial charge on any atom is -0.354 e. The van der Waals surface area contributed by atoms with Crippen molar-refractivity contribution < 1.29 is 4.79 Å². The van der Waals surface area contributed by atoms with Crippen molar-refractivity contribution in [1.29, 1.82) is 0 Å². The zero-order valence-electron chi connectivity index (χ0n) is 15.8. The molecule has 1 aromatic carbocycles. The molecule has 1 aliphatic rings. The molecule has 1 fully saturated rings. The molecular formula is C20H21Cl2N5O2. The van der Waals surface area contributed by atoms with Crippen LogP contribution in [0.3, 0.4) is 0 Å². The zero-order valence-corrected chi connectivity index (χ0v) is 17.4. The summed E-state index contributed by atoms with van der Waals surface area (Å²) in [4.78, 5) is 33.9. The van der Waals surface area contributed by atoms with Crippen LogP contribution in [0.4, 0.5) is 5.95 Å². The number of halogens is 2. The lowest BCUT2D eigenvalue weighted by Crippen LogP contribution is -2.38. The average molecular weight is 434 g/mol. The summed E-state index contributed by atoms with van der Waals surface area (Å²) in [6, 6.07) is 8.60. The maximum atomic E-state index is 12.9. The molecule has 0 radical (unpaired) electrons. The molecule has 3 aromatic rings. The molecule has 0 unspecified atom stereocenters. The second-order valence-electron chi connectivity index (χ2n) is 6.86. The van der Waals surface area contributed by atoms with Gasteiger partial charge in [-0.3, -0.25) is 14.2 Å². The largest absolute Gasteiger partial charge is 0.354 e. The first-order valence-corrected chi connectivity index (χ1v) is 9.58. The Morgan fingerprint density at radius 1 is 1.21 bits per heavy atom. The summed E-state index contributed by atoms with van der Waals surface area (Å²) in [5.41, 5.74) is 1.46. The number of anilines is 1. The highest BCUT2D eigenvalue weighted by atomic mass is 35.5. The molecule has 152 valence electrons. The van der Waals surface area contributed by atoms with Crippen molar-refractivity contribution in [1.82, 2.24) is 19.9 Å². The van der Waals surface area contributed by atoms with Crippen molar-refractivity contribution in [3.63, 3.8) is 0 Å². The Morgan fingerprint density at radius 2 is 2.00 bits per heavy atom. The van der Waals surface area contributed by atoms with Gasteiger partial charge in [0.15, 0.2) is 0 Å². The number of pyridine rings is 1. The van der Waals surface area contributed by atoms with E-state index in [-0.39, 0.29) is 29.9 Å². The monoisotopic (exact) mass is 433 g/mol. The number of amides is 1. The molecule has 29 heavy (non-hydrogen) atoms. The number of rotatable bonds is 3. The molecule has 0 saturated carbocycles. The van der Waals surface area contributed by atoms with E-state index in [0.717, 1.165) is 19.3 Å². The van der Waals surface area contributed by atoms with E-state index in [4.69, 9.17) is 11.6 Å². The van der Waals surface area contributed by atoms with Crippen LogP contribution in [0.25, 0.3) is 22.2 Å². The van der Waals surface area contributed by atoms with Crippen LogP contribution in [0.1, 0.15) is 19.3 Å². The number of hydrogen-bond donors (Lipinski definition) is 2. The van der Waals surface area contributed by atoms with Crippen LogP contribution in [-0.4, -0.2) is 33.0 Å². The Kier molecular flexibility index (Phi) is 6.39. The van der Waals surface area contributed by atoms with E-state index >= 15 is 0 Å². The third-order valence-electron chi connectivity index (χ3n) is 4.95. The predicted octanol–water partition coefficient (Wildman–Crippen LogP) is 3.15. The summed E-state index contributed by atoms with van der Waals surface area (Å²) >= 11 is 6.27. The highest BCUT2D eigenvalue weighted by Crippen LogP contribution is 2.27. The molecule has 2 N–H and O–H groups in total. The third kappa shape index (κ3) is 4.21. The fourth-order valence-electron chi connectivity index (χ4n) is 3.42. The summed E-state index contributed by atoms with van der Waals surface area (Å²) in [5, 5.41) is 7.20. The van der Waals surface area contributed by atoms with Crippen LogP contribution in [0.5, 0.6) is 0 Å². The van der Waals surface area contributed by atoms with Gasteiger partial charge >= 0.3 is 0 Å². The van der Waals surface area contributed by atoms with E-state index in [1.807, 2.05) is 18.2 Å². The third-order valence-corrected chi connectivity index (χ3v) is 5.28. The minimum absolute atomic E-state index is 0. The number of aryl methyl sites for hydroxylation is 1. The molecule has 7 nitrogen and oxygen atoms in total. The first-order valence-electron chi connectivity index (χ1n) is 9.20. The van der Waals surface area contributed by atoms with E-state index in [1.54, 1.807) is 25.4 Å². The average Bonchev–Trinajstić information content (AvgIpc) is 2.90. The molecule has 0 aliphatic carbocycles. The lowest BCUT2D eigenvalue weighted by Gasteiger charge is -2.16. The zero-order chi connectivity index (χ0) is 19.7. The van der Waals surface area contributed by atoms with E-state index in [0.29, 0.717) is 39.7 Å². The van der Waals surface area contributed by atoms with Gasteiger partial charge in [0, 0.05) is 41.3 Å². The molecule has 1 aliphatic heterocycles. The predicted molar refractivity (Wildman–Crippen MR) is 117 cm³/mol. The lowest BCUT2D eigenvalue weighted by molar-refractivity contribution is -0.121. The topological polar surface area (TPSA) is 88.9 Å². The van der Waals surface area contributed by atoms with Gasteiger partial charge in [0.05, 0.1) is 0 Å². The normalized spacial score (nSPS) is 16.6. The molecule has 1 atom stereocenters. The lowest BCUT2D eigenvalue weighted by atomic mass is 10.1. The summed E-state index contributed by atoms with van der Waals surface area (Å²) in [6.07, 6.45) is 4.28. The summed E-state index contributed by atoms with van der Waals surface area (Å²) in [5.74, 6) is 0.277. The Hall–Kier alpha value is -2.64. The van der Waals surface area contributed by atoms with Crippen molar-refractivity contribution in [3.05, 3.63) is 51.9 Å². The standard InChI is InChI=1S/C20H20ClN5O2.ClH/c1-26-17-12(10-14(19(26)28)13-6-2-3-7-15(13)21)11-23-20(25-17)24-16-8-4-5-9-22-18(16)27;/h2-3,6-7,10-11,16H,4-5,8-9H2,1H3,(H,22,27)(H,23,24,25);1H/t16-;/m0./s1. The number of fused-ring (bicyclic) bond motifs is 1. The van der Waals surface area contributed by atoms with E-state index in [9.17, 15) is 9.59 Å². The Labute approximate surface area is 178 Å². The smallest absolute Gasteiger partial charge is 0.259 e. The first kappa shape index (κ1) is 21.1. The number of nitrogens with one attached hydrogen (secondary N) is 2. The number of carbonyl (C=O) groups is 1. The van der Waals surface area contributed by atoms with Crippen molar-refractivity contribution in [2.45, 2.75) is 25.3 Å². The maximum absolute atomic E-state index is 12.9. The number of aromatic nitrogens is 3. The van der Waals surface area contributed by atoms with Crippen LogP contribution >= 0.6 is 24.0 Å². The van der Waals surface area contributed by atoms with Gasteiger partial charge in [-0.05, 0) is 31.4 Å². The van der Waals surface area contributed by atoms with Gasteiger partial charge in [0.1, 0.15) is 11.7 Å². The molecule has 4 rings (SSSR count). The summed E-state index contributed by atoms with van der Waals surface area (Å²) < 4.78 is 1.48. The van der Waals surface area contributed by atoms with Gasteiger partial charge in [0.25, 0.3) is 5.56 Å². The quantitative estimate of drug-likeness (QED) is 0.661. The van der Waals surface area contributed by atoms with Crippen LogP contribution in [0, 0.1) is 0 Å². The minimum atomic E-state index is -0.376. The molecule has 1 saturated heterocycles. The van der Waals surface area contributed by atoms with E-state index < -0.39 is 0 Å². The van der Waals surface area contributed by atoms with Crippen LogP contribution in [0.2, 0.25) is 5.02 Å². The van der Waals surface area contributed by atoms with Crippen LogP contribution < -0.4 is 16.2 Å². The molecule has 2 aromatic heterocycles. The Balaban J connectivity index is 0.00000240. The maximum Gasteiger partial charge on any atom is 0.259 e. The van der Waals surface area contributed by atoms with E-state index in [1.165, 1.54) is 4.57 Å². The fourth-order valence-corrected chi connectivity index (χ4v) is 3.66. The van der Waals surface area contributed by atoms with Crippen molar-refractivity contribution >= 4 is 46.9 Å². The molecule has 9 heteroatoms. The van der Waals surface area contributed by atoms with Gasteiger partial charge < -0.3 is 10.6 Å². The van der Waals surface area contributed by atoms with Gasteiger partial charge in [-0.15, -0.1) is 12.4 Å². The molecule has 0 bridgehead atoms. The van der Waals surface area contributed by atoms with Gasteiger partial charge in [-0.2, -0.15) is 4.98 Å². The Bertz CT molecular complexity index is 1120. The molecule has 0 spiro atoms.